The molecular weight excluding hydrogens is 164 g/mol. The Hall–Kier alpha value is -1.31. The van der Waals surface area contributed by atoms with Crippen molar-refractivity contribution in [1.29, 1.82) is 0 Å². The fourth-order valence-electron chi connectivity index (χ4n) is 0.901. The summed E-state index contributed by atoms with van der Waals surface area (Å²) < 4.78 is 5.38. The molecule has 0 amide bonds. The van der Waals surface area contributed by atoms with Gasteiger partial charge in [-0.15, -0.1) is 0 Å². The van der Waals surface area contributed by atoms with Gasteiger partial charge in [-0.2, -0.15) is 0 Å². The second-order valence-electron chi connectivity index (χ2n) is 3.24. The first-order chi connectivity index (χ1) is 6.22. The molecule has 0 spiro atoms. The Kier molecular flexibility index (Phi) is 3.50. The zero-order chi connectivity index (χ0) is 9.68. The van der Waals surface area contributed by atoms with Crippen molar-refractivity contribution in [3.63, 3.8) is 0 Å². The Labute approximate surface area is 78.5 Å². The van der Waals surface area contributed by atoms with Crippen molar-refractivity contribution in [2.45, 2.75) is 13.8 Å². The van der Waals surface area contributed by atoms with Gasteiger partial charge in [0.15, 0.2) is 0 Å². The highest BCUT2D eigenvalue weighted by Gasteiger charge is 1.99. The number of carbonyl (C=O) groups excluding carboxylic acids is 1. The first-order valence-electron chi connectivity index (χ1n) is 4.37. The Balaban J connectivity index is 2.45. The molecule has 0 saturated heterocycles. The Morgan fingerprint density at radius 1 is 1.38 bits per heavy atom. The van der Waals surface area contributed by atoms with Crippen molar-refractivity contribution in [3.05, 3.63) is 29.8 Å². The molecule has 0 radical (unpaired) electrons. The van der Waals surface area contributed by atoms with Crippen molar-refractivity contribution in [2.24, 2.45) is 5.92 Å². The number of aryl methyl sites for hydroxylation is 1. The van der Waals surface area contributed by atoms with Crippen LogP contribution >= 0.6 is 0 Å². The summed E-state index contributed by atoms with van der Waals surface area (Å²) in [6.07, 6.45) is 0.897. The lowest BCUT2D eigenvalue weighted by molar-refractivity contribution is -0.111. The van der Waals surface area contributed by atoms with Crippen LogP contribution in [0.2, 0.25) is 0 Å². The van der Waals surface area contributed by atoms with Gasteiger partial charge in [0.2, 0.25) is 0 Å². The van der Waals surface area contributed by atoms with Gasteiger partial charge < -0.3 is 9.53 Å². The van der Waals surface area contributed by atoms with Crippen molar-refractivity contribution in [2.75, 3.05) is 6.61 Å². The summed E-state index contributed by atoms with van der Waals surface area (Å²) in [5.41, 5.74) is 1.20. The van der Waals surface area contributed by atoms with Crippen LogP contribution in [0, 0.1) is 12.8 Å². The number of aldehydes is 1. The Morgan fingerprint density at radius 2 is 2.00 bits per heavy atom. The van der Waals surface area contributed by atoms with E-state index in [0.717, 1.165) is 12.0 Å². The predicted octanol–water partition coefficient (Wildman–Crippen LogP) is 2.21. The maximum Gasteiger partial charge on any atom is 0.126 e. The zero-order valence-corrected chi connectivity index (χ0v) is 7.99. The third-order valence-corrected chi connectivity index (χ3v) is 1.77. The number of rotatable bonds is 4. The van der Waals surface area contributed by atoms with Gasteiger partial charge in [-0.25, -0.2) is 0 Å². The highest BCUT2D eigenvalue weighted by molar-refractivity contribution is 5.52. The Morgan fingerprint density at radius 3 is 2.54 bits per heavy atom. The number of ether oxygens (including phenoxy) is 1. The van der Waals surface area contributed by atoms with Crippen molar-refractivity contribution < 1.29 is 9.53 Å². The van der Waals surface area contributed by atoms with Crippen LogP contribution in [0.25, 0.3) is 0 Å². The summed E-state index contributed by atoms with van der Waals surface area (Å²) in [4.78, 5) is 10.3. The van der Waals surface area contributed by atoms with Crippen LogP contribution in [-0.4, -0.2) is 12.9 Å². The van der Waals surface area contributed by atoms with E-state index in [1.54, 1.807) is 0 Å². The van der Waals surface area contributed by atoms with Gasteiger partial charge in [-0.1, -0.05) is 24.6 Å². The molecular formula is C11H14O2. The summed E-state index contributed by atoms with van der Waals surface area (Å²) in [6, 6.07) is 7.79. The summed E-state index contributed by atoms with van der Waals surface area (Å²) in [7, 11) is 0. The maximum atomic E-state index is 10.3. The van der Waals surface area contributed by atoms with E-state index in [9.17, 15) is 4.79 Å². The number of hydrogen-bond donors (Lipinski definition) is 0. The molecule has 0 aromatic heterocycles. The van der Waals surface area contributed by atoms with Crippen LogP contribution in [-0.2, 0) is 4.79 Å². The van der Waals surface area contributed by atoms with Crippen LogP contribution in [0.3, 0.4) is 0 Å². The van der Waals surface area contributed by atoms with E-state index in [0.29, 0.717) is 6.61 Å². The third kappa shape index (κ3) is 3.28. The van der Waals surface area contributed by atoms with Gasteiger partial charge >= 0.3 is 0 Å². The lowest BCUT2D eigenvalue weighted by atomic mass is 10.2. The van der Waals surface area contributed by atoms with E-state index < -0.39 is 0 Å². The van der Waals surface area contributed by atoms with Crippen LogP contribution in [0.1, 0.15) is 12.5 Å². The summed E-state index contributed by atoms with van der Waals surface area (Å²) in [6.45, 7) is 4.31. The highest BCUT2D eigenvalue weighted by Crippen LogP contribution is 2.11. The van der Waals surface area contributed by atoms with Crippen molar-refractivity contribution in [3.8, 4) is 5.75 Å². The molecule has 0 aliphatic carbocycles. The first-order valence-corrected chi connectivity index (χ1v) is 4.37. The topological polar surface area (TPSA) is 26.3 Å². The molecule has 0 bridgehead atoms. The minimum absolute atomic E-state index is 0.0405. The van der Waals surface area contributed by atoms with Crippen LogP contribution in [0.4, 0.5) is 0 Å². The molecule has 2 heteroatoms. The van der Waals surface area contributed by atoms with Gasteiger partial charge in [0.1, 0.15) is 12.0 Å². The lowest BCUT2D eigenvalue weighted by Gasteiger charge is -2.07. The van der Waals surface area contributed by atoms with Gasteiger partial charge in [0.05, 0.1) is 6.61 Å². The number of benzene rings is 1. The monoisotopic (exact) mass is 178 g/mol. The molecule has 0 heterocycles. The molecule has 2 nitrogen and oxygen atoms in total. The van der Waals surface area contributed by atoms with Gasteiger partial charge in [0.25, 0.3) is 0 Å². The fraction of sp³-hybridized carbons (Fsp3) is 0.364. The molecule has 13 heavy (non-hydrogen) atoms. The normalized spacial score (nSPS) is 12.2. The van der Waals surface area contributed by atoms with E-state index in [1.165, 1.54) is 5.56 Å². The van der Waals surface area contributed by atoms with Crippen LogP contribution in [0.5, 0.6) is 5.75 Å². The molecule has 1 unspecified atom stereocenters. The summed E-state index contributed by atoms with van der Waals surface area (Å²) in [5.74, 6) is 0.778. The quantitative estimate of drug-likeness (QED) is 0.661. The van der Waals surface area contributed by atoms with E-state index in [4.69, 9.17) is 4.74 Å². The minimum Gasteiger partial charge on any atom is -0.493 e. The average Bonchev–Trinajstić information content (AvgIpc) is 2.16. The predicted molar refractivity (Wildman–Crippen MR) is 51.9 cm³/mol. The number of hydrogen-bond acceptors (Lipinski definition) is 2. The summed E-state index contributed by atoms with van der Waals surface area (Å²) >= 11 is 0. The molecule has 0 aliphatic rings. The Bertz CT molecular complexity index is 264. The van der Waals surface area contributed by atoms with Gasteiger partial charge in [-0.05, 0) is 19.1 Å². The highest BCUT2D eigenvalue weighted by atomic mass is 16.5. The molecule has 1 atom stereocenters. The number of carbonyl (C=O) groups is 1. The second-order valence-corrected chi connectivity index (χ2v) is 3.24. The van der Waals surface area contributed by atoms with Crippen molar-refractivity contribution >= 4 is 6.29 Å². The largest absolute Gasteiger partial charge is 0.493 e. The molecule has 70 valence electrons. The maximum absolute atomic E-state index is 10.3. The average molecular weight is 178 g/mol. The zero-order valence-electron chi connectivity index (χ0n) is 7.99. The van der Waals surface area contributed by atoms with Crippen LogP contribution in [0.15, 0.2) is 24.3 Å². The molecule has 1 rings (SSSR count). The minimum atomic E-state index is -0.0405. The molecule has 0 fully saturated rings. The smallest absolute Gasteiger partial charge is 0.126 e. The standard InChI is InChI=1S/C11H14O2/c1-9-3-5-11(6-4-9)13-8-10(2)7-12/h3-7,10H,8H2,1-2H3. The van der Waals surface area contributed by atoms with Crippen molar-refractivity contribution in [1.82, 2.24) is 0 Å². The van der Waals surface area contributed by atoms with E-state index in [-0.39, 0.29) is 5.92 Å². The first kappa shape index (κ1) is 9.78. The van der Waals surface area contributed by atoms with Gasteiger partial charge in [-0.3, -0.25) is 0 Å². The fourth-order valence-corrected chi connectivity index (χ4v) is 0.901. The van der Waals surface area contributed by atoms with E-state index >= 15 is 0 Å². The molecule has 1 aromatic rings. The SMILES string of the molecule is Cc1ccc(OCC(C)C=O)cc1. The lowest BCUT2D eigenvalue weighted by Crippen LogP contribution is -2.09. The van der Waals surface area contributed by atoms with E-state index in [1.807, 2.05) is 38.1 Å². The second kappa shape index (κ2) is 4.65. The third-order valence-electron chi connectivity index (χ3n) is 1.77. The van der Waals surface area contributed by atoms with Crippen LogP contribution < -0.4 is 4.74 Å². The molecule has 0 N–H and O–H groups in total. The molecule has 1 aromatic carbocycles. The summed E-state index contributed by atoms with van der Waals surface area (Å²) in [5, 5.41) is 0. The molecule has 0 saturated carbocycles. The van der Waals surface area contributed by atoms with E-state index in [2.05, 4.69) is 0 Å². The molecule has 0 aliphatic heterocycles. The van der Waals surface area contributed by atoms with Gasteiger partial charge in [0, 0.05) is 5.92 Å².